The fourth-order valence-corrected chi connectivity index (χ4v) is 2.17. The summed E-state index contributed by atoms with van der Waals surface area (Å²) in [6.45, 7) is 0. The van der Waals surface area contributed by atoms with E-state index in [1.165, 1.54) is 4.90 Å². The summed E-state index contributed by atoms with van der Waals surface area (Å²) in [5.41, 5.74) is 13.0. The Morgan fingerprint density at radius 3 is 1.40 bits per heavy atom. The monoisotopic (exact) mass is 267 g/mol. The van der Waals surface area contributed by atoms with Crippen LogP contribution in [0.25, 0.3) is 0 Å². The largest absolute Gasteiger partial charge is 0.370 e. The fourth-order valence-electron chi connectivity index (χ4n) is 2.17. The zero-order chi connectivity index (χ0) is 14.5. The zero-order valence-electron chi connectivity index (χ0n) is 11.0. The number of hydrogen-bond donors (Lipinski definition) is 4. The van der Waals surface area contributed by atoms with E-state index in [0.717, 1.165) is 11.1 Å². The van der Waals surface area contributed by atoms with Gasteiger partial charge in [-0.05, 0) is 11.1 Å². The van der Waals surface area contributed by atoms with Crippen LogP contribution >= 0.6 is 0 Å². The number of benzene rings is 2. The van der Waals surface area contributed by atoms with Crippen molar-refractivity contribution in [2.45, 2.75) is 6.04 Å². The van der Waals surface area contributed by atoms with Crippen molar-refractivity contribution in [2.75, 3.05) is 0 Å². The van der Waals surface area contributed by atoms with Crippen molar-refractivity contribution < 1.29 is 0 Å². The molecule has 0 amide bonds. The van der Waals surface area contributed by atoms with E-state index in [4.69, 9.17) is 22.3 Å². The maximum absolute atomic E-state index is 7.69. The summed E-state index contributed by atoms with van der Waals surface area (Å²) < 4.78 is 0. The van der Waals surface area contributed by atoms with Crippen molar-refractivity contribution in [3.8, 4) is 0 Å². The maximum Gasteiger partial charge on any atom is 0.196 e. The molecular formula is C15H17N5. The molecule has 0 heterocycles. The molecule has 20 heavy (non-hydrogen) atoms. The van der Waals surface area contributed by atoms with Gasteiger partial charge in [0.15, 0.2) is 11.9 Å². The van der Waals surface area contributed by atoms with Crippen LogP contribution in [-0.4, -0.2) is 16.8 Å². The Kier molecular flexibility index (Phi) is 4.00. The lowest BCUT2D eigenvalue weighted by Crippen LogP contribution is -2.47. The third-order valence-electron chi connectivity index (χ3n) is 3.01. The van der Waals surface area contributed by atoms with Gasteiger partial charge in [0.05, 0.1) is 6.04 Å². The predicted molar refractivity (Wildman–Crippen MR) is 80.4 cm³/mol. The number of guanidine groups is 2. The highest BCUT2D eigenvalue weighted by Crippen LogP contribution is 2.27. The van der Waals surface area contributed by atoms with Gasteiger partial charge in [-0.25, -0.2) is 0 Å². The Labute approximate surface area is 117 Å². The number of hydrogen-bond acceptors (Lipinski definition) is 2. The van der Waals surface area contributed by atoms with Crippen molar-refractivity contribution in [1.29, 1.82) is 10.8 Å². The van der Waals surface area contributed by atoms with Crippen LogP contribution in [0, 0.1) is 10.8 Å². The first kappa shape index (κ1) is 13.6. The van der Waals surface area contributed by atoms with Crippen molar-refractivity contribution in [2.24, 2.45) is 11.5 Å². The van der Waals surface area contributed by atoms with Gasteiger partial charge in [-0.2, -0.15) is 0 Å². The number of rotatable bonds is 3. The normalized spacial score (nSPS) is 10.2. The van der Waals surface area contributed by atoms with Gasteiger partial charge in [0, 0.05) is 0 Å². The van der Waals surface area contributed by atoms with Crippen LogP contribution < -0.4 is 11.5 Å². The summed E-state index contributed by atoms with van der Waals surface area (Å²) in [7, 11) is 0. The predicted octanol–water partition coefficient (Wildman–Crippen LogP) is 1.86. The van der Waals surface area contributed by atoms with E-state index >= 15 is 0 Å². The van der Waals surface area contributed by atoms with Crippen LogP contribution in [0.4, 0.5) is 0 Å². The SMILES string of the molecule is N=C(N)N(C(=N)N)C(c1ccccc1)c1ccccc1. The van der Waals surface area contributed by atoms with Crippen molar-refractivity contribution >= 4 is 11.9 Å². The molecule has 102 valence electrons. The Bertz CT molecular complexity index is 541. The molecule has 0 radical (unpaired) electrons. The van der Waals surface area contributed by atoms with Gasteiger partial charge in [0.25, 0.3) is 0 Å². The van der Waals surface area contributed by atoms with Gasteiger partial charge in [0.1, 0.15) is 0 Å². The fraction of sp³-hybridized carbons (Fsp3) is 0.0667. The van der Waals surface area contributed by atoms with Gasteiger partial charge >= 0.3 is 0 Å². The first-order valence-electron chi connectivity index (χ1n) is 6.18. The molecule has 0 fully saturated rings. The van der Waals surface area contributed by atoms with Crippen molar-refractivity contribution in [1.82, 2.24) is 4.90 Å². The van der Waals surface area contributed by atoms with Crippen LogP contribution in [0.5, 0.6) is 0 Å². The third-order valence-corrected chi connectivity index (χ3v) is 3.01. The quantitative estimate of drug-likeness (QED) is 0.504. The first-order valence-corrected chi connectivity index (χ1v) is 6.18. The third kappa shape index (κ3) is 2.77. The summed E-state index contributed by atoms with van der Waals surface area (Å²) in [5, 5.41) is 15.4. The lowest BCUT2D eigenvalue weighted by molar-refractivity contribution is 0.498. The van der Waals surface area contributed by atoms with Crippen LogP contribution in [0.3, 0.4) is 0 Å². The Hall–Kier alpha value is -2.82. The molecule has 0 bridgehead atoms. The highest BCUT2D eigenvalue weighted by Gasteiger charge is 2.25. The van der Waals surface area contributed by atoms with Crippen molar-refractivity contribution in [3.63, 3.8) is 0 Å². The average molecular weight is 267 g/mol. The molecule has 0 saturated carbocycles. The molecule has 0 aliphatic rings. The van der Waals surface area contributed by atoms with E-state index in [2.05, 4.69) is 0 Å². The van der Waals surface area contributed by atoms with E-state index in [0.29, 0.717) is 0 Å². The number of nitrogens with zero attached hydrogens (tertiary/aromatic N) is 1. The highest BCUT2D eigenvalue weighted by atomic mass is 15.3. The van der Waals surface area contributed by atoms with Crippen LogP contribution in [-0.2, 0) is 0 Å². The second-order valence-corrected chi connectivity index (χ2v) is 4.36. The second kappa shape index (κ2) is 5.88. The Morgan fingerprint density at radius 1 is 0.750 bits per heavy atom. The smallest absolute Gasteiger partial charge is 0.196 e. The summed E-state index contributed by atoms with van der Waals surface area (Å²) in [6, 6.07) is 18.8. The lowest BCUT2D eigenvalue weighted by Gasteiger charge is -2.31. The number of nitrogens with two attached hydrogens (primary N) is 2. The summed E-state index contributed by atoms with van der Waals surface area (Å²) in [4.78, 5) is 1.30. The van der Waals surface area contributed by atoms with Gasteiger partial charge in [-0.1, -0.05) is 60.7 Å². The molecule has 0 aliphatic heterocycles. The summed E-state index contributed by atoms with van der Waals surface area (Å²) in [5.74, 6) is -0.509. The molecular weight excluding hydrogens is 250 g/mol. The molecule has 0 aliphatic carbocycles. The minimum absolute atomic E-state index is 0.254. The molecule has 0 atom stereocenters. The van der Waals surface area contributed by atoms with Gasteiger partial charge < -0.3 is 11.5 Å². The topological polar surface area (TPSA) is 103 Å². The molecule has 0 saturated heterocycles. The van der Waals surface area contributed by atoms with Crippen LogP contribution in [0.2, 0.25) is 0 Å². The Balaban J connectivity index is 2.55. The second-order valence-electron chi connectivity index (χ2n) is 4.36. The molecule has 6 N–H and O–H groups in total. The lowest BCUT2D eigenvalue weighted by atomic mass is 9.97. The Morgan fingerprint density at radius 2 is 1.10 bits per heavy atom. The molecule has 0 aromatic heterocycles. The van der Waals surface area contributed by atoms with Crippen molar-refractivity contribution in [3.05, 3.63) is 71.8 Å². The van der Waals surface area contributed by atoms with Gasteiger partial charge in [-0.3, -0.25) is 15.7 Å². The first-order chi connectivity index (χ1) is 9.61. The van der Waals surface area contributed by atoms with E-state index < -0.39 is 0 Å². The van der Waals surface area contributed by atoms with Gasteiger partial charge in [-0.15, -0.1) is 0 Å². The molecule has 2 aromatic carbocycles. The van der Waals surface area contributed by atoms with Crippen LogP contribution in [0.1, 0.15) is 17.2 Å². The average Bonchev–Trinajstić information content (AvgIpc) is 2.45. The molecule has 5 nitrogen and oxygen atoms in total. The molecule has 0 spiro atoms. The minimum atomic E-state index is -0.382. The number of nitrogens with one attached hydrogen (secondary N) is 2. The maximum atomic E-state index is 7.69. The van der Waals surface area contributed by atoms with E-state index in [1.807, 2.05) is 60.7 Å². The molecule has 5 heteroatoms. The van der Waals surface area contributed by atoms with E-state index in [-0.39, 0.29) is 18.0 Å². The van der Waals surface area contributed by atoms with E-state index in [9.17, 15) is 0 Å². The summed E-state index contributed by atoms with van der Waals surface area (Å²) in [6.07, 6.45) is 0. The molecule has 0 unspecified atom stereocenters. The van der Waals surface area contributed by atoms with E-state index in [1.54, 1.807) is 0 Å². The molecule has 2 rings (SSSR count). The minimum Gasteiger partial charge on any atom is -0.370 e. The van der Waals surface area contributed by atoms with Gasteiger partial charge in [0.2, 0.25) is 0 Å². The zero-order valence-corrected chi connectivity index (χ0v) is 11.0. The molecule has 2 aromatic rings. The van der Waals surface area contributed by atoms with Crippen LogP contribution in [0.15, 0.2) is 60.7 Å². The highest BCUT2D eigenvalue weighted by molar-refractivity contribution is 5.95. The standard InChI is InChI=1S/C15H17N5/c16-14(17)20(15(18)19)13(11-7-3-1-4-8-11)12-9-5-2-6-10-12/h1-10,13H,(H3,16,17)(H3,18,19). The summed E-state index contributed by atoms with van der Waals surface area (Å²) >= 11 is 0.